The Hall–Kier alpha value is -3.39. The van der Waals surface area contributed by atoms with E-state index in [0.717, 1.165) is 12.8 Å². The van der Waals surface area contributed by atoms with Crippen LogP contribution < -0.4 is 9.47 Å². The minimum atomic E-state index is -0.127. The predicted octanol–water partition coefficient (Wildman–Crippen LogP) is 10.8. The summed E-state index contributed by atoms with van der Waals surface area (Å²) >= 11 is 0. The minimum Gasteiger partial charge on any atom is -0.219 e. The van der Waals surface area contributed by atoms with Crippen LogP contribution in [0, 0.1) is 5.92 Å². The van der Waals surface area contributed by atoms with Crippen molar-refractivity contribution in [2.75, 3.05) is 4.90 Å². The van der Waals surface area contributed by atoms with Gasteiger partial charge in [0.25, 0.3) is 5.82 Å². The zero-order valence-corrected chi connectivity index (χ0v) is 27.0. The van der Waals surface area contributed by atoms with E-state index in [1.807, 2.05) is 69.2 Å². The summed E-state index contributed by atoms with van der Waals surface area (Å²) in [6.45, 7) is 22.4. The molecule has 0 radical (unpaired) electrons. The first-order valence-electron chi connectivity index (χ1n) is 15.9. The Morgan fingerprint density at radius 3 is 1.80 bits per heavy atom. The van der Waals surface area contributed by atoms with Crippen LogP contribution in [-0.4, -0.2) is 0 Å². The summed E-state index contributed by atoms with van der Waals surface area (Å²) in [6, 6.07) is 31.3. The fraction of sp³-hybridized carbons (Fsp3) is 0.395. The van der Waals surface area contributed by atoms with Crippen molar-refractivity contribution in [3.05, 3.63) is 119 Å². The Morgan fingerprint density at radius 1 is 0.600 bits per heavy atom. The van der Waals surface area contributed by atoms with Gasteiger partial charge in [-0.1, -0.05) is 131 Å². The molecule has 0 saturated heterocycles. The van der Waals surface area contributed by atoms with Gasteiger partial charge in [0.05, 0.1) is 11.8 Å². The van der Waals surface area contributed by atoms with E-state index in [0.29, 0.717) is 5.92 Å². The van der Waals surface area contributed by atoms with Gasteiger partial charge in [0.15, 0.2) is 5.54 Å². The van der Waals surface area contributed by atoms with E-state index >= 15 is 0 Å². The molecule has 3 aromatic carbocycles. The second-order valence-corrected chi connectivity index (χ2v) is 8.91. The number of hydrogen-bond acceptors (Lipinski definition) is 1. The Bertz CT molecular complexity index is 1320. The SMILES string of the molecule is CC.CC.CC.CC.CC.CC1Cc2cccc3c2C12c1c(cccc1N(c1ccccc1)c1cccc[n+]12)C3. The lowest BCUT2D eigenvalue weighted by atomic mass is 9.68. The van der Waals surface area contributed by atoms with Gasteiger partial charge < -0.3 is 0 Å². The first kappa shape index (κ1) is 32.8. The summed E-state index contributed by atoms with van der Waals surface area (Å²) in [5, 5.41) is 0. The van der Waals surface area contributed by atoms with E-state index in [-0.39, 0.29) is 5.54 Å². The quantitative estimate of drug-likeness (QED) is 0.219. The van der Waals surface area contributed by atoms with Crippen LogP contribution in [0.2, 0.25) is 0 Å². The van der Waals surface area contributed by atoms with Gasteiger partial charge in [-0.2, -0.15) is 4.90 Å². The summed E-state index contributed by atoms with van der Waals surface area (Å²) < 4.78 is 2.57. The molecule has 3 aliphatic rings. The summed E-state index contributed by atoms with van der Waals surface area (Å²) in [7, 11) is 0. The smallest absolute Gasteiger partial charge is 0.219 e. The van der Waals surface area contributed by atoms with Gasteiger partial charge in [-0.3, -0.25) is 0 Å². The van der Waals surface area contributed by atoms with Gasteiger partial charge in [-0.05, 0) is 53.8 Å². The average molecular weight is 538 g/mol. The summed E-state index contributed by atoms with van der Waals surface area (Å²) in [4.78, 5) is 2.45. The highest BCUT2D eigenvalue weighted by Crippen LogP contribution is 2.57. The molecule has 0 bridgehead atoms. The van der Waals surface area contributed by atoms with Crippen molar-refractivity contribution in [1.29, 1.82) is 0 Å². The molecule has 4 aromatic rings. The zero-order valence-electron chi connectivity index (χ0n) is 27.0. The zero-order chi connectivity index (χ0) is 29.9. The Kier molecular flexibility index (Phi) is 12.6. The summed E-state index contributed by atoms with van der Waals surface area (Å²) in [5.74, 6) is 1.74. The van der Waals surface area contributed by atoms with Crippen molar-refractivity contribution < 1.29 is 4.57 Å². The van der Waals surface area contributed by atoms with Crippen LogP contribution in [0.3, 0.4) is 0 Å². The molecule has 0 N–H and O–H groups in total. The number of pyridine rings is 1. The number of hydrogen-bond donors (Lipinski definition) is 0. The van der Waals surface area contributed by atoms with E-state index in [1.165, 1.54) is 39.4 Å². The van der Waals surface area contributed by atoms with Crippen molar-refractivity contribution in [3.8, 4) is 0 Å². The maximum Gasteiger partial charge on any atom is 0.287 e. The monoisotopic (exact) mass is 537 g/mol. The highest BCUT2D eigenvalue weighted by molar-refractivity contribution is 5.81. The fourth-order valence-electron chi connectivity index (χ4n) is 6.49. The number of rotatable bonds is 1. The Balaban J connectivity index is 0.000000510. The molecule has 2 nitrogen and oxygen atoms in total. The van der Waals surface area contributed by atoms with Crippen molar-refractivity contribution in [2.24, 2.45) is 5.92 Å². The molecule has 1 aliphatic heterocycles. The van der Waals surface area contributed by atoms with Crippen LogP contribution in [-0.2, 0) is 18.4 Å². The molecule has 0 amide bonds. The lowest BCUT2D eigenvalue weighted by molar-refractivity contribution is -0.740. The highest BCUT2D eigenvalue weighted by Gasteiger charge is 2.60. The lowest BCUT2D eigenvalue weighted by Gasteiger charge is -2.45. The molecule has 2 aliphatic carbocycles. The van der Waals surface area contributed by atoms with Gasteiger partial charge in [-0.25, -0.2) is 4.57 Å². The molecule has 40 heavy (non-hydrogen) atoms. The van der Waals surface area contributed by atoms with Crippen LogP contribution in [0.15, 0.2) is 91.1 Å². The first-order chi connectivity index (χ1) is 19.8. The van der Waals surface area contributed by atoms with E-state index in [1.54, 1.807) is 5.56 Å². The molecule has 1 spiro atoms. The van der Waals surface area contributed by atoms with Gasteiger partial charge in [0.2, 0.25) is 0 Å². The normalized spacial score (nSPS) is 17.5. The predicted molar refractivity (Wildman–Crippen MR) is 176 cm³/mol. The third-order valence-corrected chi connectivity index (χ3v) is 7.45. The topological polar surface area (TPSA) is 7.12 Å². The Labute approximate surface area is 245 Å². The molecule has 1 aromatic heterocycles. The van der Waals surface area contributed by atoms with Crippen LogP contribution in [0.25, 0.3) is 0 Å². The lowest BCUT2D eigenvalue weighted by Crippen LogP contribution is -2.65. The molecule has 2 unspecified atom stereocenters. The second-order valence-electron chi connectivity index (χ2n) is 8.91. The molecule has 2 heterocycles. The number of benzene rings is 3. The molecule has 2 heteroatoms. The van der Waals surface area contributed by atoms with E-state index in [4.69, 9.17) is 0 Å². The van der Waals surface area contributed by atoms with E-state index < -0.39 is 0 Å². The van der Waals surface area contributed by atoms with Crippen molar-refractivity contribution in [1.82, 2.24) is 0 Å². The number of aromatic nitrogens is 1. The molecule has 7 rings (SSSR count). The van der Waals surface area contributed by atoms with Crippen LogP contribution >= 0.6 is 0 Å². The van der Waals surface area contributed by atoms with Crippen LogP contribution in [0.5, 0.6) is 0 Å². The molecule has 2 atom stereocenters. The molecular formula is C38H53N2+. The first-order valence-corrected chi connectivity index (χ1v) is 15.9. The number of fused-ring (bicyclic) bond motifs is 1. The largest absolute Gasteiger partial charge is 0.287 e. The molecule has 0 fully saturated rings. The second kappa shape index (κ2) is 15.4. The standard InChI is InChI=1S/C28H23N2.5C2H6/c1-19-17-20-9-7-10-21-18-22-11-8-14-24-27(22)28(19,26(20)21)29-16-6-5-15-25(29)30(24)23-12-3-2-4-13-23;5*1-2/h2-16,19H,17-18H2,1H3;5*1-2H3/q+1;;;;;. The van der Waals surface area contributed by atoms with Crippen LogP contribution in [0.1, 0.15) is 104 Å². The van der Waals surface area contributed by atoms with E-state index in [2.05, 4.69) is 108 Å². The fourth-order valence-corrected chi connectivity index (χ4v) is 6.49. The van der Waals surface area contributed by atoms with Crippen molar-refractivity contribution >= 4 is 17.2 Å². The summed E-state index contributed by atoms with van der Waals surface area (Å²) in [6.07, 6.45) is 4.45. The number of nitrogens with zero attached hydrogens (tertiary/aromatic N) is 2. The molecule has 214 valence electrons. The van der Waals surface area contributed by atoms with Gasteiger partial charge in [-0.15, -0.1) is 0 Å². The van der Waals surface area contributed by atoms with Gasteiger partial charge in [0.1, 0.15) is 11.4 Å². The third kappa shape index (κ3) is 5.09. The highest BCUT2D eigenvalue weighted by atomic mass is 15.3. The Morgan fingerprint density at radius 2 is 1.15 bits per heavy atom. The number of para-hydroxylation sites is 1. The maximum atomic E-state index is 2.57. The number of anilines is 3. The molecular weight excluding hydrogens is 484 g/mol. The van der Waals surface area contributed by atoms with E-state index in [9.17, 15) is 0 Å². The van der Waals surface area contributed by atoms with Crippen molar-refractivity contribution in [3.63, 3.8) is 0 Å². The minimum absolute atomic E-state index is 0.127. The molecule has 0 saturated carbocycles. The maximum absolute atomic E-state index is 2.57. The summed E-state index contributed by atoms with van der Waals surface area (Å²) in [5.41, 5.74) is 9.97. The van der Waals surface area contributed by atoms with Crippen LogP contribution in [0.4, 0.5) is 17.2 Å². The van der Waals surface area contributed by atoms with Crippen molar-refractivity contribution in [2.45, 2.75) is 94.5 Å². The average Bonchev–Trinajstić information content (AvgIpc) is 3.36. The van der Waals surface area contributed by atoms with Gasteiger partial charge in [0, 0.05) is 17.5 Å². The van der Waals surface area contributed by atoms with Gasteiger partial charge >= 0.3 is 0 Å². The third-order valence-electron chi connectivity index (χ3n) is 7.45.